The lowest BCUT2D eigenvalue weighted by Gasteiger charge is -2.32. The summed E-state index contributed by atoms with van der Waals surface area (Å²) in [6.45, 7) is 3.41. The van der Waals surface area contributed by atoms with Gasteiger partial charge in [-0.25, -0.2) is 4.98 Å². The summed E-state index contributed by atoms with van der Waals surface area (Å²) in [6.07, 6.45) is 6.44. The highest BCUT2D eigenvalue weighted by molar-refractivity contribution is 7.13. The van der Waals surface area contributed by atoms with Gasteiger partial charge in [-0.3, -0.25) is 0 Å². The van der Waals surface area contributed by atoms with Gasteiger partial charge in [-0.2, -0.15) is 0 Å². The first kappa shape index (κ1) is 11.0. The zero-order chi connectivity index (χ0) is 11.7. The molecule has 0 aliphatic carbocycles. The highest BCUT2D eigenvalue weighted by Crippen LogP contribution is 2.30. The summed E-state index contributed by atoms with van der Waals surface area (Å²) in [5.41, 5.74) is 1.25. The van der Waals surface area contributed by atoms with E-state index in [0.717, 1.165) is 6.54 Å². The van der Waals surface area contributed by atoms with Gasteiger partial charge in [0.15, 0.2) is 0 Å². The van der Waals surface area contributed by atoms with Crippen molar-refractivity contribution in [3.05, 3.63) is 30.0 Å². The van der Waals surface area contributed by atoms with Crippen LogP contribution in [0.3, 0.4) is 0 Å². The fourth-order valence-corrected chi connectivity index (χ4v) is 3.33. The number of aromatic nitrogens is 2. The van der Waals surface area contributed by atoms with Gasteiger partial charge in [0.25, 0.3) is 0 Å². The fourth-order valence-electron chi connectivity index (χ4n) is 2.59. The Morgan fingerprint density at radius 1 is 1.53 bits per heavy atom. The molecule has 3 nitrogen and oxygen atoms in total. The molecule has 90 valence electrons. The number of piperidine rings is 1. The van der Waals surface area contributed by atoms with Crippen LogP contribution in [0.2, 0.25) is 0 Å². The molecule has 1 fully saturated rings. The van der Waals surface area contributed by atoms with Gasteiger partial charge in [-0.1, -0.05) is 6.07 Å². The van der Waals surface area contributed by atoms with Crippen LogP contribution in [0.5, 0.6) is 0 Å². The van der Waals surface area contributed by atoms with E-state index in [1.807, 2.05) is 12.5 Å². The summed E-state index contributed by atoms with van der Waals surface area (Å²) in [6, 6.07) is 5.32. The summed E-state index contributed by atoms with van der Waals surface area (Å²) < 4.78 is 2.34. The number of nitrogens with zero attached hydrogens (tertiary/aromatic N) is 2. The smallest absolute Gasteiger partial charge is 0.0954 e. The largest absolute Gasteiger partial charge is 0.325 e. The van der Waals surface area contributed by atoms with Crippen LogP contribution in [-0.4, -0.2) is 22.1 Å². The van der Waals surface area contributed by atoms with Crippen LogP contribution in [0.4, 0.5) is 0 Å². The Kier molecular flexibility index (Phi) is 2.99. The van der Waals surface area contributed by atoms with Crippen molar-refractivity contribution in [1.29, 1.82) is 0 Å². The molecule has 0 bridgehead atoms. The maximum atomic E-state index is 4.33. The Hall–Kier alpha value is -1.13. The van der Waals surface area contributed by atoms with Crippen molar-refractivity contribution in [3.8, 4) is 10.6 Å². The summed E-state index contributed by atoms with van der Waals surface area (Å²) in [4.78, 5) is 5.64. The first-order chi connectivity index (χ1) is 8.36. The Balaban J connectivity index is 1.95. The van der Waals surface area contributed by atoms with Gasteiger partial charge in [0.1, 0.15) is 0 Å². The highest BCUT2D eigenvalue weighted by Gasteiger charge is 2.24. The summed E-state index contributed by atoms with van der Waals surface area (Å²) in [7, 11) is 0. The minimum Gasteiger partial charge on any atom is -0.325 e. The first-order valence-corrected chi connectivity index (χ1v) is 7.03. The molecule has 17 heavy (non-hydrogen) atoms. The second-order valence-electron chi connectivity index (χ2n) is 4.62. The van der Waals surface area contributed by atoms with Crippen LogP contribution in [0, 0.1) is 0 Å². The minimum absolute atomic E-state index is 0.525. The van der Waals surface area contributed by atoms with Gasteiger partial charge in [-0.15, -0.1) is 11.3 Å². The molecule has 3 heterocycles. The van der Waals surface area contributed by atoms with E-state index in [9.17, 15) is 0 Å². The Labute approximate surface area is 106 Å². The van der Waals surface area contributed by atoms with Crippen LogP contribution >= 0.6 is 11.3 Å². The topological polar surface area (TPSA) is 29.9 Å². The van der Waals surface area contributed by atoms with Crippen molar-refractivity contribution in [2.24, 2.45) is 0 Å². The fraction of sp³-hybridized carbons (Fsp3) is 0.462. The predicted octanol–water partition coefficient (Wildman–Crippen LogP) is 2.92. The van der Waals surface area contributed by atoms with Crippen LogP contribution in [0.1, 0.15) is 25.8 Å². The molecule has 0 spiro atoms. The van der Waals surface area contributed by atoms with E-state index >= 15 is 0 Å². The van der Waals surface area contributed by atoms with Crippen LogP contribution in [0.25, 0.3) is 10.6 Å². The zero-order valence-corrected chi connectivity index (χ0v) is 10.8. The van der Waals surface area contributed by atoms with Crippen molar-refractivity contribution < 1.29 is 0 Å². The summed E-state index contributed by atoms with van der Waals surface area (Å²) in [5, 5.41) is 5.67. The van der Waals surface area contributed by atoms with E-state index in [-0.39, 0.29) is 0 Å². The number of thiophene rings is 1. The molecular formula is C13H17N3S. The van der Waals surface area contributed by atoms with Gasteiger partial charge in [0.05, 0.1) is 29.1 Å². The van der Waals surface area contributed by atoms with Gasteiger partial charge in [0.2, 0.25) is 0 Å². The zero-order valence-electron chi connectivity index (χ0n) is 9.97. The van der Waals surface area contributed by atoms with Crippen molar-refractivity contribution in [3.63, 3.8) is 0 Å². The maximum Gasteiger partial charge on any atom is 0.0954 e. The van der Waals surface area contributed by atoms with E-state index in [4.69, 9.17) is 0 Å². The summed E-state index contributed by atoms with van der Waals surface area (Å²) in [5.74, 6) is 0. The molecular weight excluding hydrogens is 230 g/mol. The number of nitrogens with one attached hydrogen (secondary N) is 1. The molecule has 1 aliphatic rings. The predicted molar refractivity (Wildman–Crippen MR) is 71.3 cm³/mol. The van der Waals surface area contributed by atoms with E-state index < -0.39 is 0 Å². The average Bonchev–Trinajstić information content (AvgIpc) is 3.00. The number of imidazole rings is 1. The number of rotatable bonds is 2. The van der Waals surface area contributed by atoms with Crippen LogP contribution in [-0.2, 0) is 0 Å². The Bertz CT molecular complexity index is 475. The molecule has 0 saturated carbocycles. The molecule has 0 aromatic carbocycles. The van der Waals surface area contributed by atoms with Crippen molar-refractivity contribution in [2.45, 2.75) is 31.8 Å². The lowest BCUT2D eigenvalue weighted by Crippen LogP contribution is -2.40. The third-order valence-corrected chi connectivity index (χ3v) is 4.41. The molecule has 2 unspecified atom stereocenters. The molecule has 2 aromatic rings. The van der Waals surface area contributed by atoms with Crippen LogP contribution < -0.4 is 5.32 Å². The van der Waals surface area contributed by atoms with E-state index in [1.54, 1.807) is 11.3 Å². The SMILES string of the molecule is CC1NCCCC1n1cncc1-c1cccs1. The number of hydrogen-bond donors (Lipinski definition) is 1. The molecule has 2 aromatic heterocycles. The number of hydrogen-bond acceptors (Lipinski definition) is 3. The third kappa shape index (κ3) is 2.03. The Morgan fingerprint density at radius 3 is 3.24 bits per heavy atom. The summed E-state index contributed by atoms with van der Waals surface area (Å²) >= 11 is 1.78. The standard InChI is InChI=1S/C13H17N3S/c1-10-11(4-2-6-15-10)16-9-14-8-12(16)13-5-3-7-17-13/h3,5,7-11,15H,2,4,6H2,1H3. The molecule has 1 N–H and O–H groups in total. The molecule has 3 rings (SSSR count). The Morgan fingerprint density at radius 2 is 2.47 bits per heavy atom. The van der Waals surface area contributed by atoms with E-state index in [2.05, 4.69) is 39.3 Å². The van der Waals surface area contributed by atoms with Crippen molar-refractivity contribution in [2.75, 3.05) is 6.54 Å². The normalized spacial score (nSPS) is 25.0. The average molecular weight is 247 g/mol. The van der Waals surface area contributed by atoms with Crippen molar-refractivity contribution in [1.82, 2.24) is 14.9 Å². The second kappa shape index (κ2) is 4.63. The van der Waals surface area contributed by atoms with Crippen molar-refractivity contribution >= 4 is 11.3 Å². The molecule has 4 heteroatoms. The van der Waals surface area contributed by atoms with E-state index in [0.29, 0.717) is 12.1 Å². The lowest BCUT2D eigenvalue weighted by molar-refractivity contribution is 0.297. The van der Waals surface area contributed by atoms with E-state index in [1.165, 1.54) is 23.4 Å². The van der Waals surface area contributed by atoms with Gasteiger partial charge in [-0.05, 0) is 37.8 Å². The molecule has 0 amide bonds. The van der Waals surface area contributed by atoms with Gasteiger partial charge in [0, 0.05) is 6.04 Å². The first-order valence-electron chi connectivity index (χ1n) is 6.15. The minimum atomic E-state index is 0.525. The quantitative estimate of drug-likeness (QED) is 0.884. The molecule has 2 atom stereocenters. The molecule has 1 saturated heterocycles. The molecule has 1 aliphatic heterocycles. The maximum absolute atomic E-state index is 4.33. The highest BCUT2D eigenvalue weighted by atomic mass is 32.1. The van der Waals surface area contributed by atoms with Gasteiger partial charge < -0.3 is 9.88 Å². The third-order valence-electron chi connectivity index (χ3n) is 3.52. The lowest BCUT2D eigenvalue weighted by atomic mass is 9.99. The van der Waals surface area contributed by atoms with Gasteiger partial charge >= 0.3 is 0 Å². The second-order valence-corrected chi connectivity index (χ2v) is 5.56. The van der Waals surface area contributed by atoms with Crippen LogP contribution in [0.15, 0.2) is 30.0 Å². The molecule has 0 radical (unpaired) electrons. The monoisotopic (exact) mass is 247 g/mol.